The molecule has 3 aromatic rings. The second-order valence-corrected chi connectivity index (χ2v) is 5.50. The molecule has 22 heavy (non-hydrogen) atoms. The van der Waals surface area contributed by atoms with E-state index in [1.54, 1.807) is 24.4 Å². The number of hydrogen-bond acceptors (Lipinski definition) is 5. The summed E-state index contributed by atoms with van der Waals surface area (Å²) in [6.45, 7) is 0.725. The lowest BCUT2D eigenvalue weighted by atomic mass is 9.96. The lowest BCUT2D eigenvalue weighted by Crippen LogP contribution is -2.33. The van der Waals surface area contributed by atoms with E-state index in [1.165, 1.54) is 0 Å². The lowest BCUT2D eigenvalue weighted by Gasteiger charge is -2.21. The second kappa shape index (κ2) is 4.59. The van der Waals surface area contributed by atoms with Gasteiger partial charge in [0, 0.05) is 43.0 Å². The molecular weight excluding hydrogens is 284 g/mol. The Kier molecular flexibility index (Phi) is 2.69. The first-order valence-corrected chi connectivity index (χ1v) is 7.09. The van der Waals surface area contributed by atoms with Gasteiger partial charge < -0.3 is 14.7 Å². The van der Waals surface area contributed by atoms with Crippen molar-refractivity contribution in [1.82, 2.24) is 14.1 Å². The molecule has 1 aromatic carbocycles. The van der Waals surface area contributed by atoms with Gasteiger partial charge in [0.1, 0.15) is 5.82 Å². The van der Waals surface area contributed by atoms with Crippen LogP contribution >= 0.6 is 0 Å². The Bertz CT molecular complexity index is 934. The number of carbonyl (C=O) groups is 1. The SMILES string of the molecule is Nc1ccc2c(c1)oc(=O)n2C(=O)C1CCn2ccnc2C1. The number of anilines is 1. The number of nitrogen functional groups attached to an aromatic ring is 1. The molecule has 2 N–H and O–H groups in total. The van der Waals surface area contributed by atoms with Crippen LogP contribution in [0.3, 0.4) is 0 Å². The molecule has 1 aliphatic rings. The van der Waals surface area contributed by atoms with Gasteiger partial charge in [0.15, 0.2) is 5.58 Å². The zero-order valence-electron chi connectivity index (χ0n) is 11.7. The Morgan fingerprint density at radius 2 is 2.27 bits per heavy atom. The van der Waals surface area contributed by atoms with E-state index in [-0.39, 0.29) is 11.8 Å². The predicted molar refractivity (Wildman–Crippen MR) is 79.6 cm³/mol. The quantitative estimate of drug-likeness (QED) is 0.683. The molecule has 1 aliphatic heterocycles. The van der Waals surface area contributed by atoms with E-state index in [0.717, 1.165) is 16.9 Å². The maximum absolute atomic E-state index is 12.7. The number of nitrogens with two attached hydrogens (primary N) is 1. The molecular formula is C15H14N4O3. The summed E-state index contributed by atoms with van der Waals surface area (Å²) in [4.78, 5) is 29.0. The van der Waals surface area contributed by atoms with Gasteiger partial charge in [-0.15, -0.1) is 0 Å². The number of imidazole rings is 1. The minimum Gasteiger partial charge on any atom is -0.407 e. The van der Waals surface area contributed by atoms with Gasteiger partial charge in [0.2, 0.25) is 5.91 Å². The molecule has 1 unspecified atom stereocenters. The lowest BCUT2D eigenvalue weighted by molar-refractivity contribution is 0.0807. The normalized spacial score (nSPS) is 17.5. The molecule has 0 fully saturated rings. The number of aryl methyl sites for hydroxylation is 1. The number of oxazole rings is 1. The van der Waals surface area contributed by atoms with Crippen molar-refractivity contribution in [3.05, 3.63) is 47.0 Å². The minimum absolute atomic E-state index is 0.247. The third kappa shape index (κ3) is 1.86. The number of rotatable bonds is 1. The van der Waals surface area contributed by atoms with Crippen molar-refractivity contribution in [2.75, 3.05) is 5.73 Å². The van der Waals surface area contributed by atoms with Gasteiger partial charge in [0.25, 0.3) is 0 Å². The van der Waals surface area contributed by atoms with Crippen LogP contribution < -0.4 is 11.5 Å². The summed E-state index contributed by atoms with van der Waals surface area (Å²) in [5.41, 5.74) is 6.95. The average molecular weight is 298 g/mol. The van der Waals surface area contributed by atoms with Crippen LogP contribution in [0.1, 0.15) is 17.0 Å². The van der Waals surface area contributed by atoms with Crippen molar-refractivity contribution in [2.45, 2.75) is 19.4 Å². The molecule has 0 saturated carbocycles. The molecule has 112 valence electrons. The third-order valence-electron chi connectivity index (χ3n) is 4.12. The fourth-order valence-electron chi connectivity index (χ4n) is 2.99. The van der Waals surface area contributed by atoms with Crippen LogP contribution in [0.4, 0.5) is 5.69 Å². The van der Waals surface area contributed by atoms with Crippen LogP contribution in [0.15, 0.2) is 39.8 Å². The molecule has 1 atom stereocenters. The first-order chi connectivity index (χ1) is 10.6. The molecule has 7 nitrogen and oxygen atoms in total. The third-order valence-corrected chi connectivity index (χ3v) is 4.12. The average Bonchev–Trinajstić information content (AvgIpc) is 3.08. The molecule has 7 heteroatoms. The highest BCUT2D eigenvalue weighted by atomic mass is 16.4. The topological polar surface area (TPSA) is 96.0 Å². The van der Waals surface area contributed by atoms with E-state index in [0.29, 0.717) is 29.6 Å². The monoisotopic (exact) mass is 298 g/mol. The number of carbonyl (C=O) groups excluding carboxylic acids is 1. The van der Waals surface area contributed by atoms with Crippen LogP contribution in [-0.2, 0) is 13.0 Å². The molecule has 3 heterocycles. The Morgan fingerprint density at radius 3 is 3.14 bits per heavy atom. The van der Waals surface area contributed by atoms with Crippen molar-refractivity contribution in [1.29, 1.82) is 0 Å². The maximum Gasteiger partial charge on any atom is 0.426 e. The van der Waals surface area contributed by atoms with Gasteiger partial charge in [-0.05, 0) is 18.6 Å². The Morgan fingerprint density at radius 1 is 1.41 bits per heavy atom. The fraction of sp³-hybridized carbons (Fsp3) is 0.267. The Hall–Kier alpha value is -2.83. The highest BCUT2D eigenvalue weighted by Gasteiger charge is 2.29. The van der Waals surface area contributed by atoms with Crippen LogP contribution in [0, 0.1) is 5.92 Å². The summed E-state index contributed by atoms with van der Waals surface area (Å²) in [5, 5.41) is 0. The van der Waals surface area contributed by atoms with E-state index in [1.807, 2.05) is 10.8 Å². The second-order valence-electron chi connectivity index (χ2n) is 5.50. The van der Waals surface area contributed by atoms with Crippen molar-refractivity contribution < 1.29 is 9.21 Å². The van der Waals surface area contributed by atoms with Gasteiger partial charge in [-0.2, -0.15) is 0 Å². The van der Waals surface area contributed by atoms with Gasteiger partial charge >= 0.3 is 5.76 Å². The standard InChI is InChI=1S/C15H14N4O3/c16-10-1-2-11-12(8-10)22-15(21)19(11)14(20)9-3-5-18-6-4-17-13(18)7-9/h1-2,4,6,8-9H,3,5,7,16H2. The van der Waals surface area contributed by atoms with Crippen molar-refractivity contribution >= 4 is 22.7 Å². The number of fused-ring (bicyclic) bond motifs is 2. The summed E-state index contributed by atoms with van der Waals surface area (Å²) in [6, 6.07) is 4.83. The van der Waals surface area contributed by atoms with E-state index in [9.17, 15) is 9.59 Å². The van der Waals surface area contributed by atoms with E-state index >= 15 is 0 Å². The van der Waals surface area contributed by atoms with Crippen LogP contribution in [0.25, 0.3) is 11.1 Å². The predicted octanol–water partition coefficient (Wildman–Crippen LogP) is 1.28. The van der Waals surface area contributed by atoms with Gasteiger partial charge in [-0.1, -0.05) is 0 Å². The molecule has 4 rings (SSSR count). The molecule has 0 bridgehead atoms. The summed E-state index contributed by atoms with van der Waals surface area (Å²) in [5.74, 6) is -0.317. The number of nitrogens with zero attached hydrogens (tertiary/aromatic N) is 3. The summed E-state index contributed by atoms with van der Waals surface area (Å²) >= 11 is 0. The summed E-state index contributed by atoms with van der Waals surface area (Å²) in [7, 11) is 0. The van der Waals surface area contributed by atoms with Crippen LogP contribution in [0.2, 0.25) is 0 Å². The number of benzene rings is 1. The molecule has 0 aliphatic carbocycles. The van der Waals surface area contributed by atoms with Crippen LogP contribution in [-0.4, -0.2) is 20.0 Å². The fourth-order valence-corrected chi connectivity index (χ4v) is 2.99. The number of aromatic nitrogens is 3. The highest BCUT2D eigenvalue weighted by molar-refractivity contribution is 5.91. The smallest absolute Gasteiger partial charge is 0.407 e. The first kappa shape index (κ1) is 12.9. The van der Waals surface area contributed by atoms with Crippen molar-refractivity contribution in [3.63, 3.8) is 0 Å². The minimum atomic E-state index is -0.667. The summed E-state index contributed by atoms with van der Waals surface area (Å²) in [6.07, 6.45) is 4.83. The van der Waals surface area contributed by atoms with E-state index in [2.05, 4.69) is 4.98 Å². The van der Waals surface area contributed by atoms with Crippen molar-refractivity contribution in [2.24, 2.45) is 5.92 Å². The molecule has 0 amide bonds. The Balaban J connectivity index is 1.75. The molecule has 2 aromatic heterocycles. The maximum atomic E-state index is 12.7. The molecule has 0 spiro atoms. The Labute approximate surface area is 125 Å². The molecule has 0 saturated heterocycles. The molecule has 0 radical (unpaired) electrons. The van der Waals surface area contributed by atoms with Gasteiger partial charge in [0.05, 0.1) is 5.52 Å². The zero-order chi connectivity index (χ0) is 15.3. The number of hydrogen-bond donors (Lipinski definition) is 1. The van der Waals surface area contributed by atoms with Crippen LogP contribution in [0.5, 0.6) is 0 Å². The van der Waals surface area contributed by atoms with E-state index < -0.39 is 5.76 Å². The van der Waals surface area contributed by atoms with Gasteiger partial charge in [-0.25, -0.2) is 14.3 Å². The first-order valence-electron chi connectivity index (χ1n) is 7.09. The van der Waals surface area contributed by atoms with Gasteiger partial charge in [-0.3, -0.25) is 4.79 Å². The highest BCUT2D eigenvalue weighted by Crippen LogP contribution is 2.23. The van der Waals surface area contributed by atoms with Crippen molar-refractivity contribution in [3.8, 4) is 0 Å². The van der Waals surface area contributed by atoms with E-state index in [4.69, 9.17) is 10.2 Å². The largest absolute Gasteiger partial charge is 0.426 e. The summed E-state index contributed by atoms with van der Waals surface area (Å²) < 4.78 is 8.27. The zero-order valence-corrected chi connectivity index (χ0v) is 11.7.